The maximum absolute atomic E-state index is 5.99. The normalized spacial score (nSPS) is 10.8. The first kappa shape index (κ1) is 13.9. The van der Waals surface area contributed by atoms with Crippen molar-refractivity contribution >= 4 is 28.9 Å². The number of rotatable bonds is 3. The van der Waals surface area contributed by atoms with Gasteiger partial charge in [0.15, 0.2) is 5.82 Å². The second-order valence-electron chi connectivity index (χ2n) is 4.68. The summed E-state index contributed by atoms with van der Waals surface area (Å²) in [5, 5.41) is 8.25. The number of H-pyrrole nitrogens is 1. The van der Waals surface area contributed by atoms with Crippen LogP contribution in [0.5, 0.6) is 0 Å². The molecule has 0 bridgehead atoms. The number of aromatic nitrogens is 3. The van der Waals surface area contributed by atoms with E-state index in [0.717, 1.165) is 22.6 Å². The Balaban J connectivity index is 1.84. The Hall–Kier alpha value is -2.04. The lowest BCUT2D eigenvalue weighted by atomic mass is 10.1. The van der Waals surface area contributed by atoms with E-state index < -0.39 is 0 Å². The summed E-state index contributed by atoms with van der Waals surface area (Å²) >= 11 is 12.0. The van der Waals surface area contributed by atoms with E-state index in [9.17, 15) is 0 Å². The first-order valence-electron chi connectivity index (χ1n) is 6.32. The zero-order chi connectivity index (χ0) is 14.8. The fraction of sp³-hybridized carbons (Fsp3) is 0.0667. The Morgan fingerprint density at radius 2 is 1.67 bits per heavy atom. The molecule has 1 aromatic heterocycles. The van der Waals surface area contributed by atoms with Gasteiger partial charge in [-0.1, -0.05) is 35.3 Å². The number of aromatic amines is 1. The van der Waals surface area contributed by atoms with Crippen LogP contribution in [-0.4, -0.2) is 15.2 Å². The summed E-state index contributed by atoms with van der Waals surface area (Å²) < 4.78 is 0. The van der Waals surface area contributed by atoms with E-state index in [2.05, 4.69) is 15.2 Å². The van der Waals surface area contributed by atoms with Crippen molar-refractivity contribution in [2.24, 2.45) is 0 Å². The first-order valence-corrected chi connectivity index (χ1v) is 7.08. The van der Waals surface area contributed by atoms with Gasteiger partial charge in [-0.05, 0) is 35.9 Å². The molecule has 0 aliphatic heterocycles. The summed E-state index contributed by atoms with van der Waals surface area (Å²) in [4.78, 5) is 4.47. The van der Waals surface area contributed by atoms with Crippen LogP contribution in [0, 0.1) is 0 Å². The van der Waals surface area contributed by atoms with Crippen LogP contribution in [0.25, 0.3) is 11.4 Å². The third-order valence-corrected chi connectivity index (χ3v) is 3.44. The highest BCUT2D eigenvalue weighted by Crippen LogP contribution is 2.25. The molecule has 21 heavy (non-hydrogen) atoms. The number of nitrogens with one attached hydrogen (secondary N) is 1. The van der Waals surface area contributed by atoms with Gasteiger partial charge in [-0.2, -0.15) is 5.10 Å². The van der Waals surface area contributed by atoms with Crippen molar-refractivity contribution in [1.82, 2.24) is 15.2 Å². The molecule has 1 heterocycles. The molecule has 0 atom stereocenters. The lowest BCUT2D eigenvalue weighted by Crippen LogP contribution is -1.92. The van der Waals surface area contributed by atoms with E-state index in [1.165, 1.54) is 0 Å². The maximum Gasteiger partial charge on any atom is 0.181 e. The Labute approximate surface area is 131 Å². The standard InChI is InChI=1S/C15H12Cl2N4/c16-11-6-10(7-12(17)8-11)15-19-14(20-21-15)5-9-1-3-13(18)4-2-9/h1-4,6-8H,5,18H2,(H,19,20,21). The van der Waals surface area contributed by atoms with Gasteiger partial charge in [0.25, 0.3) is 0 Å². The molecule has 0 unspecified atom stereocenters. The van der Waals surface area contributed by atoms with Gasteiger partial charge in [0.2, 0.25) is 0 Å². The summed E-state index contributed by atoms with van der Waals surface area (Å²) in [6.45, 7) is 0. The molecule has 3 N–H and O–H groups in total. The smallest absolute Gasteiger partial charge is 0.181 e. The molecule has 0 radical (unpaired) electrons. The third-order valence-electron chi connectivity index (χ3n) is 3.00. The van der Waals surface area contributed by atoms with E-state index in [4.69, 9.17) is 28.9 Å². The predicted molar refractivity (Wildman–Crippen MR) is 85.5 cm³/mol. The highest BCUT2D eigenvalue weighted by atomic mass is 35.5. The van der Waals surface area contributed by atoms with Crippen LogP contribution in [0.2, 0.25) is 10.0 Å². The molecule has 6 heteroatoms. The van der Waals surface area contributed by atoms with Gasteiger partial charge in [0, 0.05) is 27.7 Å². The number of benzene rings is 2. The minimum Gasteiger partial charge on any atom is -0.399 e. The van der Waals surface area contributed by atoms with Gasteiger partial charge in [-0.15, -0.1) is 0 Å². The highest BCUT2D eigenvalue weighted by Gasteiger charge is 2.08. The van der Waals surface area contributed by atoms with Crippen LogP contribution in [0.3, 0.4) is 0 Å². The highest BCUT2D eigenvalue weighted by molar-refractivity contribution is 6.35. The number of nitrogens with zero attached hydrogens (tertiary/aromatic N) is 2. The maximum atomic E-state index is 5.99. The molecular weight excluding hydrogens is 307 g/mol. The van der Waals surface area contributed by atoms with Crippen molar-refractivity contribution in [2.45, 2.75) is 6.42 Å². The first-order chi connectivity index (χ1) is 10.1. The van der Waals surface area contributed by atoms with Crippen molar-refractivity contribution in [3.63, 3.8) is 0 Å². The Morgan fingerprint density at radius 3 is 2.33 bits per heavy atom. The average Bonchev–Trinajstić information content (AvgIpc) is 2.89. The van der Waals surface area contributed by atoms with Gasteiger partial charge >= 0.3 is 0 Å². The third kappa shape index (κ3) is 3.35. The Bertz CT molecular complexity index is 745. The molecule has 4 nitrogen and oxygen atoms in total. The number of hydrogen-bond acceptors (Lipinski definition) is 3. The monoisotopic (exact) mass is 318 g/mol. The van der Waals surface area contributed by atoms with E-state index in [-0.39, 0.29) is 0 Å². The van der Waals surface area contributed by atoms with Crippen molar-refractivity contribution in [3.05, 3.63) is 63.9 Å². The van der Waals surface area contributed by atoms with Crippen LogP contribution in [0.15, 0.2) is 42.5 Å². The SMILES string of the molecule is Nc1ccc(Cc2nc(-c3cc(Cl)cc(Cl)c3)n[nH]2)cc1. The minimum absolute atomic E-state index is 0.558. The number of halogens is 2. The van der Waals surface area contributed by atoms with Crippen LogP contribution in [-0.2, 0) is 6.42 Å². The van der Waals surface area contributed by atoms with E-state index >= 15 is 0 Å². The van der Waals surface area contributed by atoms with E-state index in [1.54, 1.807) is 18.2 Å². The Kier molecular flexibility index (Phi) is 3.82. The Morgan fingerprint density at radius 1 is 1.00 bits per heavy atom. The molecule has 0 amide bonds. The van der Waals surface area contributed by atoms with Gasteiger partial charge in [0.1, 0.15) is 5.82 Å². The fourth-order valence-electron chi connectivity index (χ4n) is 2.02. The van der Waals surface area contributed by atoms with Gasteiger partial charge < -0.3 is 5.73 Å². The fourth-order valence-corrected chi connectivity index (χ4v) is 2.54. The largest absolute Gasteiger partial charge is 0.399 e. The van der Waals surface area contributed by atoms with Crippen molar-refractivity contribution in [3.8, 4) is 11.4 Å². The van der Waals surface area contributed by atoms with Crippen LogP contribution < -0.4 is 5.73 Å². The summed E-state index contributed by atoms with van der Waals surface area (Å²) in [7, 11) is 0. The molecule has 3 aromatic rings. The van der Waals surface area contributed by atoms with Gasteiger partial charge in [-0.25, -0.2) is 4.98 Å². The summed E-state index contributed by atoms with van der Waals surface area (Å²) in [5.41, 5.74) is 8.30. The zero-order valence-electron chi connectivity index (χ0n) is 11.0. The molecule has 0 aliphatic carbocycles. The summed E-state index contributed by atoms with van der Waals surface area (Å²) in [6.07, 6.45) is 0.654. The lowest BCUT2D eigenvalue weighted by Gasteiger charge is -1.99. The molecule has 0 spiro atoms. The minimum atomic E-state index is 0.558. The summed E-state index contributed by atoms with van der Waals surface area (Å²) in [5.74, 6) is 1.34. The topological polar surface area (TPSA) is 67.6 Å². The van der Waals surface area contributed by atoms with Crippen LogP contribution in [0.4, 0.5) is 5.69 Å². The quantitative estimate of drug-likeness (QED) is 0.718. The van der Waals surface area contributed by atoms with Crippen LogP contribution >= 0.6 is 23.2 Å². The lowest BCUT2D eigenvalue weighted by molar-refractivity contribution is 0.973. The molecular formula is C15H12Cl2N4. The second kappa shape index (κ2) is 5.76. The number of nitrogens with two attached hydrogens (primary N) is 1. The molecule has 106 valence electrons. The molecule has 0 saturated heterocycles. The molecule has 2 aromatic carbocycles. The summed E-state index contributed by atoms with van der Waals surface area (Å²) in [6, 6.07) is 12.9. The second-order valence-corrected chi connectivity index (χ2v) is 5.56. The van der Waals surface area contributed by atoms with Gasteiger partial charge in [0.05, 0.1) is 0 Å². The van der Waals surface area contributed by atoms with E-state index in [1.807, 2.05) is 24.3 Å². The van der Waals surface area contributed by atoms with E-state index in [0.29, 0.717) is 22.3 Å². The average molecular weight is 319 g/mol. The van der Waals surface area contributed by atoms with Crippen molar-refractivity contribution < 1.29 is 0 Å². The van der Waals surface area contributed by atoms with Crippen LogP contribution in [0.1, 0.15) is 11.4 Å². The number of nitrogen functional groups attached to an aromatic ring is 1. The zero-order valence-corrected chi connectivity index (χ0v) is 12.5. The molecule has 3 rings (SSSR count). The number of anilines is 1. The van der Waals surface area contributed by atoms with Gasteiger partial charge in [-0.3, -0.25) is 5.10 Å². The predicted octanol–water partition coefficient (Wildman–Crippen LogP) is 3.95. The molecule has 0 saturated carbocycles. The van der Waals surface area contributed by atoms with Crippen molar-refractivity contribution in [2.75, 3.05) is 5.73 Å². The molecule has 0 fully saturated rings. The van der Waals surface area contributed by atoms with Crippen molar-refractivity contribution in [1.29, 1.82) is 0 Å². The molecule has 0 aliphatic rings. The number of hydrogen-bond donors (Lipinski definition) is 2.